The van der Waals surface area contributed by atoms with Gasteiger partial charge in [-0.2, -0.15) is 0 Å². The van der Waals surface area contributed by atoms with Crippen LogP contribution in [0.1, 0.15) is 40.6 Å². The summed E-state index contributed by atoms with van der Waals surface area (Å²) in [7, 11) is 0. The number of fused-ring (bicyclic) bond motifs is 1. The van der Waals surface area contributed by atoms with Crippen LogP contribution in [0.2, 0.25) is 0 Å². The number of nitrogens with one attached hydrogen (secondary N) is 1. The van der Waals surface area contributed by atoms with Gasteiger partial charge in [-0.15, -0.1) is 0 Å². The number of aromatic amines is 1. The normalized spacial score (nSPS) is 16.8. The summed E-state index contributed by atoms with van der Waals surface area (Å²) in [6.07, 6.45) is 3.27. The summed E-state index contributed by atoms with van der Waals surface area (Å²) < 4.78 is 5.16. The van der Waals surface area contributed by atoms with E-state index in [2.05, 4.69) is 23.1 Å². The highest BCUT2D eigenvalue weighted by Crippen LogP contribution is 2.34. The molecule has 2 aromatic carbocycles. The van der Waals surface area contributed by atoms with Gasteiger partial charge in [0.05, 0.1) is 17.1 Å². The summed E-state index contributed by atoms with van der Waals surface area (Å²) in [4.78, 5) is 23.4. The van der Waals surface area contributed by atoms with Crippen LogP contribution in [0, 0.1) is 6.92 Å². The molecule has 1 fully saturated rings. The van der Waals surface area contributed by atoms with Crippen molar-refractivity contribution in [2.45, 2.75) is 25.8 Å². The van der Waals surface area contributed by atoms with Crippen molar-refractivity contribution in [2.24, 2.45) is 0 Å². The van der Waals surface area contributed by atoms with Crippen LogP contribution in [-0.4, -0.2) is 32.5 Å². The van der Waals surface area contributed by atoms with Gasteiger partial charge in [-0.3, -0.25) is 4.79 Å². The van der Waals surface area contributed by atoms with Crippen molar-refractivity contribution < 1.29 is 9.32 Å². The average molecular weight is 372 g/mol. The summed E-state index contributed by atoms with van der Waals surface area (Å²) in [5, 5.41) is 4.08. The number of imidazole rings is 1. The molecule has 1 amide bonds. The van der Waals surface area contributed by atoms with Crippen molar-refractivity contribution in [3.63, 3.8) is 0 Å². The van der Waals surface area contributed by atoms with Gasteiger partial charge in [0.2, 0.25) is 0 Å². The molecule has 140 valence electrons. The molecule has 3 heterocycles. The number of aryl methyl sites for hydroxylation is 1. The third kappa shape index (κ3) is 2.78. The Kier molecular flexibility index (Phi) is 3.97. The Balaban J connectivity index is 1.49. The van der Waals surface area contributed by atoms with Gasteiger partial charge in [-0.05, 0) is 37.5 Å². The first-order chi connectivity index (χ1) is 13.7. The highest BCUT2D eigenvalue weighted by molar-refractivity contribution is 5.99. The van der Waals surface area contributed by atoms with Crippen LogP contribution in [0.25, 0.3) is 22.3 Å². The highest BCUT2D eigenvalue weighted by Gasteiger charge is 2.34. The molecule has 2 aromatic heterocycles. The van der Waals surface area contributed by atoms with Crippen LogP contribution < -0.4 is 0 Å². The lowest BCUT2D eigenvalue weighted by atomic mass is 10.1. The lowest BCUT2D eigenvalue weighted by Crippen LogP contribution is -2.31. The number of nitrogens with zero attached hydrogens (tertiary/aromatic N) is 3. The van der Waals surface area contributed by atoms with E-state index in [1.807, 2.05) is 47.4 Å². The van der Waals surface area contributed by atoms with Crippen molar-refractivity contribution in [1.82, 2.24) is 20.0 Å². The molecular formula is C22H20N4O2. The highest BCUT2D eigenvalue weighted by atomic mass is 16.5. The maximum absolute atomic E-state index is 13.3. The molecule has 1 unspecified atom stereocenters. The van der Waals surface area contributed by atoms with Gasteiger partial charge >= 0.3 is 0 Å². The fourth-order valence-corrected chi connectivity index (χ4v) is 3.94. The molecule has 1 N–H and O–H groups in total. The predicted octanol–water partition coefficient (Wildman–Crippen LogP) is 4.50. The topological polar surface area (TPSA) is 75.0 Å². The maximum Gasteiger partial charge on any atom is 0.260 e. The summed E-state index contributed by atoms with van der Waals surface area (Å²) in [5.74, 6) is 0.767. The number of rotatable bonds is 3. The zero-order valence-electron chi connectivity index (χ0n) is 15.6. The Morgan fingerprint density at radius 1 is 1.21 bits per heavy atom. The molecule has 4 aromatic rings. The average Bonchev–Trinajstić information content (AvgIpc) is 3.45. The van der Waals surface area contributed by atoms with E-state index in [0.29, 0.717) is 17.8 Å². The molecule has 5 rings (SSSR count). The lowest BCUT2D eigenvalue weighted by Gasteiger charge is -2.22. The summed E-state index contributed by atoms with van der Waals surface area (Å²) >= 11 is 0. The van der Waals surface area contributed by atoms with E-state index in [1.165, 1.54) is 11.8 Å². The predicted molar refractivity (Wildman–Crippen MR) is 106 cm³/mol. The van der Waals surface area contributed by atoms with Crippen LogP contribution >= 0.6 is 0 Å². The van der Waals surface area contributed by atoms with Crippen LogP contribution in [-0.2, 0) is 0 Å². The molecule has 6 nitrogen and oxygen atoms in total. The molecule has 1 atom stereocenters. The number of amides is 1. The van der Waals surface area contributed by atoms with E-state index in [9.17, 15) is 4.79 Å². The van der Waals surface area contributed by atoms with Gasteiger partial charge in [0.25, 0.3) is 5.91 Å². The molecule has 0 aliphatic carbocycles. The third-order valence-corrected chi connectivity index (χ3v) is 5.33. The fourth-order valence-electron chi connectivity index (χ4n) is 3.94. The van der Waals surface area contributed by atoms with Crippen molar-refractivity contribution in [3.8, 4) is 11.3 Å². The molecule has 0 spiro atoms. The number of H-pyrrole nitrogens is 1. The summed E-state index contributed by atoms with van der Waals surface area (Å²) in [6, 6.07) is 15.7. The van der Waals surface area contributed by atoms with Gasteiger partial charge in [0.1, 0.15) is 23.3 Å². The first-order valence-electron chi connectivity index (χ1n) is 9.48. The van der Waals surface area contributed by atoms with Gasteiger partial charge in [-0.25, -0.2) is 4.98 Å². The Labute approximate surface area is 162 Å². The van der Waals surface area contributed by atoms with E-state index in [-0.39, 0.29) is 11.9 Å². The van der Waals surface area contributed by atoms with Crippen molar-refractivity contribution >= 4 is 16.9 Å². The van der Waals surface area contributed by atoms with E-state index < -0.39 is 0 Å². The molecule has 0 bridgehead atoms. The first kappa shape index (κ1) is 16.7. The van der Waals surface area contributed by atoms with Gasteiger partial charge in [-0.1, -0.05) is 41.6 Å². The van der Waals surface area contributed by atoms with E-state index in [0.717, 1.165) is 35.3 Å². The summed E-state index contributed by atoms with van der Waals surface area (Å²) in [5.41, 5.74) is 5.05. The Bertz CT molecular complexity index is 1150. The smallest absolute Gasteiger partial charge is 0.260 e. The molecule has 1 saturated heterocycles. The van der Waals surface area contributed by atoms with Gasteiger partial charge in [0, 0.05) is 12.1 Å². The van der Waals surface area contributed by atoms with Crippen LogP contribution in [0.4, 0.5) is 0 Å². The first-order valence-corrected chi connectivity index (χ1v) is 9.48. The maximum atomic E-state index is 13.3. The number of benzene rings is 2. The standard InChI is InChI=1S/C22H20N4O2/c1-14-9-10-17-18(12-14)24-21(23-17)19-8-5-11-26(19)22(27)16-13-28-25-20(16)15-6-3-2-4-7-15/h2-4,6-7,9-10,12-13,19H,5,8,11H2,1H3,(H,23,24). The summed E-state index contributed by atoms with van der Waals surface area (Å²) in [6.45, 7) is 2.75. The monoisotopic (exact) mass is 372 g/mol. The quantitative estimate of drug-likeness (QED) is 0.574. The minimum Gasteiger partial charge on any atom is -0.363 e. The van der Waals surface area contributed by atoms with Crippen molar-refractivity contribution in [3.05, 3.63) is 71.7 Å². The molecule has 1 aliphatic heterocycles. The minimum absolute atomic E-state index is 0.0701. The molecule has 1 aliphatic rings. The largest absolute Gasteiger partial charge is 0.363 e. The van der Waals surface area contributed by atoms with Crippen molar-refractivity contribution in [1.29, 1.82) is 0 Å². The third-order valence-electron chi connectivity index (χ3n) is 5.33. The molecule has 0 saturated carbocycles. The van der Waals surface area contributed by atoms with Gasteiger partial charge in [0.15, 0.2) is 0 Å². The van der Waals surface area contributed by atoms with Crippen LogP contribution in [0.5, 0.6) is 0 Å². The minimum atomic E-state index is -0.0706. The molecule has 0 radical (unpaired) electrons. The van der Waals surface area contributed by atoms with Crippen LogP contribution in [0.15, 0.2) is 59.3 Å². The second-order valence-electron chi connectivity index (χ2n) is 7.24. The SMILES string of the molecule is Cc1ccc2nc(C3CCCN3C(=O)c3conc3-c3ccccc3)[nH]c2c1. The number of hydrogen-bond acceptors (Lipinski definition) is 4. The Morgan fingerprint density at radius 3 is 2.93 bits per heavy atom. The number of hydrogen-bond donors (Lipinski definition) is 1. The molecule has 28 heavy (non-hydrogen) atoms. The number of likely N-dealkylation sites (tertiary alicyclic amines) is 1. The zero-order valence-corrected chi connectivity index (χ0v) is 15.6. The fraction of sp³-hybridized carbons (Fsp3) is 0.227. The second kappa shape index (κ2) is 6.64. The van der Waals surface area contributed by atoms with E-state index in [1.54, 1.807) is 0 Å². The molecular weight excluding hydrogens is 352 g/mol. The number of carbonyl (C=O) groups excluding carboxylic acids is 1. The number of aromatic nitrogens is 3. The Hall–Kier alpha value is -3.41. The molecule has 6 heteroatoms. The lowest BCUT2D eigenvalue weighted by molar-refractivity contribution is 0.0730. The zero-order chi connectivity index (χ0) is 19.1. The Morgan fingerprint density at radius 2 is 2.07 bits per heavy atom. The van der Waals surface area contributed by atoms with Crippen LogP contribution in [0.3, 0.4) is 0 Å². The van der Waals surface area contributed by atoms with E-state index >= 15 is 0 Å². The van der Waals surface area contributed by atoms with E-state index in [4.69, 9.17) is 9.51 Å². The van der Waals surface area contributed by atoms with Crippen molar-refractivity contribution in [2.75, 3.05) is 6.54 Å². The van der Waals surface area contributed by atoms with Gasteiger partial charge < -0.3 is 14.4 Å². The number of carbonyl (C=O) groups is 1. The second-order valence-corrected chi connectivity index (χ2v) is 7.24.